The summed E-state index contributed by atoms with van der Waals surface area (Å²) in [7, 11) is 0. The molecule has 0 atom stereocenters. The summed E-state index contributed by atoms with van der Waals surface area (Å²) in [4.78, 5) is 30.8. The third-order valence-electron chi connectivity index (χ3n) is 4.07. The molecule has 0 unspecified atom stereocenters. The molecule has 1 aromatic carbocycles. The lowest BCUT2D eigenvalue weighted by atomic mass is 10.2. The van der Waals surface area contributed by atoms with E-state index in [0.29, 0.717) is 11.9 Å². The van der Waals surface area contributed by atoms with Crippen molar-refractivity contribution >= 4 is 33.1 Å². The van der Waals surface area contributed by atoms with Crippen LogP contribution in [-0.2, 0) is 11.3 Å². The van der Waals surface area contributed by atoms with Gasteiger partial charge in [-0.3, -0.25) is 14.2 Å². The SMILES string of the molecule is Cc1ccc(NC(=O)CCn2cnc3sc(C)c(C)c3c2=O)cc1. The minimum Gasteiger partial charge on any atom is -0.326 e. The van der Waals surface area contributed by atoms with Gasteiger partial charge in [0.05, 0.1) is 11.7 Å². The summed E-state index contributed by atoms with van der Waals surface area (Å²) in [6.07, 6.45) is 1.75. The van der Waals surface area contributed by atoms with Gasteiger partial charge in [0.25, 0.3) is 5.56 Å². The first kappa shape index (κ1) is 16.4. The van der Waals surface area contributed by atoms with Gasteiger partial charge in [-0.25, -0.2) is 4.98 Å². The molecule has 0 radical (unpaired) electrons. The van der Waals surface area contributed by atoms with Crippen molar-refractivity contribution in [2.75, 3.05) is 5.32 Å². The molecule has 6 heteroatoms. The van der Waals surface area contributed by atoms with Crippen LogP contribution >= 0.6 is 11.3 Å². The monoisotopic (exact) mass is 341 g/mol. The number of nitrogens with one attached hydrogen (secondary N) is 1. The van der Waals surface area contributed by atoms with Crippen LogP contribution in [0.4, 0.5) is 5.69 Å². The molecule has 24 heavy (non-hydrogen) atoms. The van der Waals surface area contributed by atoms with Crippen LogP contribution < -0.4 is 10.9 Å². The van der Waals surface area contributed by atoms with Gasteiger partial charge in [0.2, 0.25) is 5.91 Å². The molecule has 0 saturated heterocycles. The van der Waals surface area contributed by atoms with E-state index in [4.69, 9.17) is 0 Å². The lowest BCUT2D eigenvalue weighted by Gasteiger charge is -2.07. The van der Waals surface area contributed by atoms with E-state index in [1.807, 2.05) is 45.0 Å². The predicted octanol–water partition coefficient (Wildman–Crippen LogP) is 3.41. The zero-order chi connectivity index (χ0) is 17.3. The molecule has 3 rings (SSSR count). The second-order valence-electron chi connectivity index (χ2n) is 5.87. The van der Waals surface area contributed by atoms with Gasteiger partial charge >= 0.3 is 0 Å². The number of fused-ring (bicyclic) bond motifs is 1. The first-order valence-electron chi connectivity index (χ1n) is 7.77. The third kappa shape index (κ3) is 3.23. The molecule has 0 saturated carbocycles. The Balaban J connectivity index is 1.72. The van der Waals surface area contributed by atoms with Gasteiger partial charge in [0, 0.05) is 23.5 Å². The molecule has 0 fully saturated rings. The highest BCUT2D eigenvalue weighted by Gasteiger charge is 2.12. The standard InChI is InChI=1S/C18H19N3O2S/c1-11-4-6-14(7-5-11)20-15(22)8-9-21-10-19-17-16(18(21)23)12(2)13(3)24-17/h4-7,10H,8-9H2,1-3H3,(H,20,22). The number of hydrogen-bond donors (Lipinski definition) is 1. The number of carbonyl (C=O) groups is 1. The molecule has 0 aliphatic carbocycles. The maximum Gasteiger partial charge on any atom is 0.262 e. The molecule has 1 amide bonds. The molecule has 2 aromatic heterocycles. The van der Waals surface area contributed by atoms with Crippen molar-refractivity contribution in [2.45, 2.75) is 33.7 Å². The van der Waals surface area contributed by atoms with E-state index < -0.39 is 0 Å². The molecule has 2 heterocycles. The Morgan fingerprint density at radius 1 is 1.21 bits per heavy atom. The van der Waals surface area contributed by atoms with Gasteiger partial charge in [-0.1, -0.05) is 17.7 Å². The maximum absolute atomic E-state index is 12.6. The first-order valence-corrected chi connectivity index (χ1v) is 8.59. The number of thiophene rings is 1. The Hall–Kier alpha value is -2.47. The zero-order valence-electron chi connectivity index (χ0n) is 13.9. The van der Waals surface area contributed by atoms with Crippen molar-refractivity contribution in [1.29, 1.82) is 0 Å². The molecule has 0 aliphatic heterocycles. The number of anilines is 1. The summed E-state index contributed by atoms with van der Waals surface area (Å²) < 4.78 is 1.51. The summed E-state index contributed by atoms with van der Waals surface area (Å²) in [6.45, 7) is 6.23. The van der Waals surface area contributed by atoms with Gasteiger partial charge in [0.15, 0.2) is 0 Å². The Bertz CT molecular complexity index is 955. The van der Waals surface area contributed by atoms with Crippen LogP contribution in [0.2, 0.25) is 0 Å². The highest BCUT2D eigenvalue weighted by Crippen LogP contribution is 2.25. The fourth-order valence-corrected chi connectivity index (χ4v) is 3.50. The average Bonchev–Trinajstić information content (AvgIpc) is 2.84. The Labute approximate surface area is 144 Å². The quantitative estimate of drug-likeness (QED) is 0.791. The molecule has 0 bridgehead atoms. The van der Waals surface area contributed by atoms with E-state index in [1.54, 1.807) is 0 Å². The normalized spacial score (nSPS) is 11.0. The number of aryl methyl sites for hydroxylation is 4. The molecule has 0 spiro atoms. The van der Waals surface area contributed by atoms with Gasteiger partial charge in [-0.05, 0) is 38.5 Å². The fourth-order valence-electron chi connectivity index (χ4n) is 2.51. The molecule has 0 aliphatic rings. The van der Waals surface area contributed by atoms with E-state index in [2.05, 4.69) is 10.3 Å². The van der Waals surface area contributed by atoms with Gasteiger partial charge < -0.3 is 5.32 Å². The summed E-state index contributed by atoms with van der Waals surface area (Å²) in [5.41, 5.74) is 2.80. The summed E-state index contributed by atoms with van der Waals surface area (Å²) in [6, 6.07) is 7.62. The molecular weight excluding hydrogens is 322 g/mol. The summed E-state index contributed by atoms with van der Waals surface area (Å²) in [5, 5.41) is 3.50. The number of benzene rings is 1. The van der Waals surface area contributed by atoms with Crippen LogP contribution in [0.25, 0.3) is 10.2 Å². The number of amides is 1. The highest BCUT2D eigenvalue weighted by atomic mass is 32.1. The maximum atomic E-state index is 12.6. The Morgan fingerprint density at radius 3 is 2.62 bits per heavy atom. The number of rotatable bonds is 4. The minimum atomic E-state index is -0.121. The molecular formula is C18H19N3O2S. The lowest BCUT2D eigenvalue weighted by Crippen LogP contribution is -2.23. The van der Waals surface area contributed by atoms with Crippen molar-refractivity contribution in [3.8, 4) is 0 Å². The van der Waals surface area contributed by atoms with E-state index >= 15 is 0 Å². The van der Waals surface area contributed by atoms with Crippen molar-refractivity contribution < 1.29 is 4.79 Å². The van der Waals surface area contributed by atoms with Crippen LogP contribution in [0.5, 0.6) is 0 Å². The minimum absolute atomic E-state index is 0.0787. The van der Waals surface area contributed by atoms with Crippen molar-refractivity contribution in [3.05, 3.63) is 57.0 Å². The van der Waals surface area contributed by atoms with E-state index in [0.717, 1.165) is 26.5 Å². The van der Waals surface area contributed by atoms with Crippen molar-refractivity contribution in [3.63, 3.8) is 0 Å². The van der Waals surface area contributed by atoms with Crippen molar-refractivity contribution in [1.82, 2.24) is 9.55 Å². The number of carbonyl (C=O) groups excluding carboxylic acids is 1. The van der Waals surface area contributed by atoms with Crippen LogP contribution in [0, 0.1) is 20.8 Å². The van der Waals surface area contributed by atoms with Crippen LogP contribution in [-0.4, -0.2) is 15.5 Å². The second kappa shape index (κ2) is 6.57. The van der Waals surface area contributed by atoms with Gasteiger partial charge in [0.1, 0.15) is 4.83 Å². The van der Waals surface area contributed by atoms with Gasteiger partial charge in [-0.15, -0.1) is 11.3 Å². The third-order valence-corrected chi connectivity index (χ3v) is 5.19. The largest absolute Gasteiger partial charge is 0.326 e. The summed E-state index contributed by atoms with van der Waals surface area (Å²) >= 11 is 1.53. The van der Waals surface area contributed by atoms with E-state index in [1.165, 1.54) is 22.2 Å². The molecule has 124 valence electrons. The van der Waals surface area contributed by atoms with Crippen LogP contribution in [0.1, 0.15) is 22.4 Å². The Morgan fingerprint density at radius 2 is 1.92 bits per heavy atom. The van der Waals surface area contributed by atoms with Crippen LogP contribution in [0.3, 0.4) is 0 Å². The second-order valence-corrected chi connectivity index (χ2v) is 7.07. The fraction of sp³-hybridized carbons (Fsp3) is 0.278. The van der Waals surface area contributed by atoms with Crippen molar-refractivity contribution in [2.24, 2.45) is 0 Å². The molecule has 5 nitrogen and oxygen atoms in total. The average molecular weight is 341 g/mol. The predicted molar refractivity (Wildman–Crippen MR) is 97.8 cm³/mol. The highest BCUT2D eigenvalue weighted by molar-refractivity contribution is 7.18. The summed E-state index contributed by atoms with van der Waals surface area (Å²) in [5.74, 6) is -0.121. The Kier molecular flexibility index (Phi) is 4.49. The zero-order valence-corrected chi connectivity index (χ0v) is 14.7. The van der Waals surface area contributed by atoms with E-state index in [-0.39, 0.29) is 17.9 Å². The first-order chi connectivity index (χ1) is 11.5. The molecule has 3 aromatic rings. The number of nitrogens with zero attached hydrogens (tertiary/aromatic N) is 2. The molecule has 1 N–H and O–H groups in total. The smallest absolute Gasteiger partial charge is 0.262 e. The number of aromatic nitrogens is 2. The van der Waals surface area contributed by atoms with E-state index in [9.17, 15) is 9.59 Å². The number of hydrogen-bond acceptors (Lipinski definition) is 4. The topological polar surface area (TPSA) is 64.0 Å². The lowest BCUT2D eigenvalue weighted by molar-refractivity contribution is -0.116. The van der Waals surface area contributed by atoms with Crippen LogP contribution in [0.15, 0.2) is 35.4 Å². The van der Waals surface area contributed by atoms with Gasteiger partial charge in [-0.2, -0.15) is 0 Å².